The Bertz CT molecular complexity index is 528. The maximum atomic E-state index is 12.9. The van der Waals surface area contributed by atoms with E-state index in [0.717, 1.165) is 6.42 Å². The number of hydrogen-bond donors (Lipinski definition) is 0. The summed E-state index contributed by atoms with van der Waals surface area (Å²) in [5, 5.41) is 0.631. The zero-order valence-electron chi connectivity index (χ0n) is 9.29. The molecule has 0 aliphatic rings. The highest BCUT2D eigenvalue weighted by atomic mass is 19.1. The van der Waals surface area contributed by atoms with Crippen molar-refractivity contribution >= 4 is 16.8 Å². The number of furan rings is 1. The van der Waals surface area contributed by atoms with E-state index in [2.05, 4.69) is 0 Å². The molecule has 0 N–H and O–H groups in total. The van der Waals surface area contributed by atoms with Crippen molar-refractivity contribution in [1.82, 2.24) is 0 Å². The standard InChI is InChI=1S/C13H13FO2/c1-3-8(2)13(15)12-7-9-6-10(14)4-5-11(9)16-12/h4-8H,3H2,1-2H3. The third-order valence-electron chi connectivity index (χ3n) is 2.78. The predicted octanol–water partition coefficient (Wildman–Crippen LogP) is 3.80. The molecule has 0 aliphatic carbocycles. The van der Waals surface area contributed by atoms with Gasteiger partial charge in [0.2, 0.25) is 5.78 Å². The molecule has 0 saturated heterocycles. The number of benzene rings is 1. The molecule has 1 heterocycles. The van der Waals surface area contributed by atoms with Crippen LogP contribution in [0, 0.1) is 11.7 Å². The number of hydrogen-bond acceptors (Lipinski definition) is 2. The van der Waals surface area contributed by atoms with Gasteiger partial charge in [0.25, 0.3) is 0 Å². The molecule has 84 valence electrons. The summed E-state index contributed by atoms with van der Waals surface area (Å²) in [7, 11) is 0. The van der Waals surface area contributed by atoms with E-state index >= 15 is 0 Å². The first-order valence-corrected chi connectivity index (χ1v) is 5.35. The maximum absolute atomic E-state index is 12.9. The summed E-state index contributed by atoms with van der Waals surface area (Å²) >= 11 is 0. The van der Waals surface area contributed by atoms with Crippen molar-refractivity contribution < 1.29 is 13.6 Å². The lowest BCUT2D eigenvalue weighted by Crippen LogP contribution is -2.08. The van der Waals surface area contributed by atoms with Gasteiger partial charge in [-0.3, -0.25) is 4.79 Å². The fourth-order valence-electron chi connectivity index (χ4n) is 1.56. The van der Waals surface area contributed by atoms with Crippen LogP contribution in [0.1, 0.15) is 30.8 Å². The van der Waals surface area contributed by atoms with E-state index in [1.807, 2.05) is 13.8 Å². The minimum absolute atomic E-state index is 0.0286. The second-order valence-electron chi connectivity index (χ2n) is 3.97. The average Bonchev–Trinajstić information content (AvgIpc) is 2.69. The van der Waals surface area contributed by atoms with Gasteiger partial charge in [0, 0.05) is 11.3 Å². The van der Waals surface area contributed by atoms with Crippen LogP contribution in [0.4, 0.5) is 4.39 Å². The molecule has 1 unspecified atom stereocenters. The largest absolute Gasteiger partial charge is 0.453 e. The van der Waals surface area contributed by atoms with Crippen LogP contribution in [0.15, 0.2) is 28.7 Å². The van der Waals surface area contributed by atoms with Crippen LogP contribution in [-0.2, 0) is 0 Å². The number of rotatable bonds is 3. The molecule has 2 nitrogen and oxygen atoms in total. The lowest BCUT2D eigenvalue weighted by atomic mass is 10.0. The smallest absolute Gasteiger partial charge is 0.200 e. The van der Waals surface area contributed by atoms with Crippen molar-refractivity contribution in [3.05, 3.63) is 35.8 Å². The Kier molecular flexibility index (Phi) is 2.77. The first-order chi connectivity index (χ1) is 7.61. The number of fused-ring (bicyclic) bond motifs is 1. The van der Waals surface area contributed by atoms with Crippen LogP contribution in [0.5, 0.6) is 0 Å². The first kappa shape index (κ1) is 10.9. The summed E-state index contributed by atoms with van der Waals surface area (Å²) in [6.07, 6.45) is 0.768. The first-order valence-electron chi connectivity index (χ1n) is 5.35. The van der Waals surface area contributed by atoms with Gasteiger partial charge in [-0.1, -0.05) is 13.8 Å². The highest BCUT2D eigenvalue weighted by Gasteiger charge is 2.17. The molecule has 0 spiro atoms. The molecule has 1 aromatic heterocycles. The van der Waals surface area contributed by atoms with Gasteiger partial charge in [0.05, 0.1) is 0 Å². The van der Waals surface area contributed by atoms with Crippen LogP contribution < -0.4 is 0 Å². The van der Waals surface area contributed by atoms with Crippen molar-refractivity contribution in [1.29, 1.82) is 0 Å². The number of Topliss-reactive ketones (excluding diaryl/α,β-unsaturated/α-hetero) is 1. The van der Waals surface area contributed by atoms with E-state index in [4.69, 9.17) is 4.42 Å². The normalized spacial score (nSPS) is 12.9. The number of carbonyl (C=O) groups is 1. The summed E-state index contributed by atoms with van der Waals surface area (Å²) in [5.74, 6) is -0.102. The van der Waals surface area contributed by atoms with Crippen molar-refractivity contribution in [2.24, 2.45) is 5.92 Å². The molecule has 0 radical (unpaired) electrons. The Balaban J connectivity index is 2.43. The van der Waals surface area contributed by atoms with Crippen LogP contribution in [0.25, 0.3) is 11.0 Å². The summed E-state index contributed by atoms with van der Waals surface area (Å²) in [6.45, 7) is 3.81. The minimum Gasteiger partial charge on any atom is -0.453 e. The fourth-order valence-corrected chi connectivity index (χ4v) is 1.56. The van der Waals surface area contributed by atoms with Crippen LogP contribution in [0.3, 0.4) is 0 Å². The lowest BCUT2D eigenvalue weighted by Gasteiger charge is -2.02. The lowest BCUT2D eigenvalue weighted by molar-refractivity contribution is 0.0901. The number of halogens is 1. The quantitative estimate of drug-likeness (QED) is 0.736. The van der Waals surface area contributed by atoms with Crippen molar-refractivity contribution in [3.8, 4) is 0 Å². The SMILES string of the molecule is CCC(C)C(=O)c1cc2cc(F)ccc2o1. The summed E-state index contributed by atoms with van der Waals surface area (Å²) in [5.41, 5.74) is 0.549. The number of ketones is 1. The monoisotopic (exact) mass is 220 g/mol. The molecule has 16 heavy (non-hydrogen) atoms. The molecule has 0 aliphatic heterocycles. The average molecular weight is 220 g/mol. The van der Waals surface area contributed by atoms with Gasteiger partial charge in [0.1, 0.15) is 11.4 Å². The van der Waals surface area contributed by atoms with Gasteiger partial charge in [-0.15, -0.1) is 0 Å². The maximum Gasteiger partial charge on any atom is 0.200 e. The van der Waals surface area contributed by atoms with Gasteiger partial charge < -0.3 is 4.42 Å². The van der Waals surface area contributed by atoms with Gasteiger partial charge in [-0.25, -0.2) is 4.39 Å². The predicted molar refractivity (Wildman–Crippen MR) is 60.0 cm³/mol. The molecular weight excluding hydrogens is 207 g/mol. The summed E-state index contributed by atoms with van der Waals surface area (Å²) in [4.78, 5) is 11.8. The second-order valence-corrected chi connectivity index (χ2v) is 3.97. The molecule has 2 aromatic rings. The van der Waals surface area contributed by atoms with Crippen molar-refractivity contribution in [2.45, 2.75) is 20.3 Å². The minimum atomic E-state index is -0.323. The second kappa shape index (κ2) is 4.08. The molecule has 3 heteroatoms. The van der Waals surface area contributed by atoms with Crippen molar-refractivity contribution in [3.63, 3.8) is 0 Å². The van der Waals surface area contributed by atoms with Crippen LogP contribution in [0.2, 0.25) is 0 Å². The van der Waals surface area contributed by atoms with E-state index in [1.54, 1.807) is 6.07 Å². The molecule has 0 amide bonds. The van der Waals surface area contributed by atoms with E-state index in [9.17, 15) is 9.18 Å². The summed E-state index contributed by atoms with van der Waals surface area (Å²) < 4.78 is 18.3. The molecule has 1 aromatic carbocycles. The Labute approximate surface area is 93.1 Å². The van der Waals surface area contributed by atoms with Crippen molar-refractivity contribution in [2.75, 3.05) is 0 Å². The summed E-state index contributed by atoms with van der Waals surface area (Å²) in [6, 6.07) is 5.83. The van der Waals surface area contributed by atoms with Gasteiger partial charge in [-0.2, -0.15) is 0 Å². The Morgan fingerprint density at radius 3 is 2.88 bits per heavy atom. The van der Waals surface area contributed by atoms with E-state index in [0.29, 0.717) is 16.7 Å². The van der Waals surface area contributed by atoms with E-state index in [1.165, 1.54) is 18.2 Å². The van der Waals surface area contributed by atoms with Gasteiger partial charge in [-0.05, 0) is 30.7 Å². The highest BCUT2D eigenvalue weighted by molar-refractivity contribution is 5.98. The highest BCUT2D eigenvalue weighted by Crippen LogP contribution is 2.22. The topological polar surface area (TPSA) is 30.2 Å². The number of carbonyl (C=O) groups excluding carboxylic acids is 1. The van der Waals surface area contributed by atoms with Crippen LogP contribution in [-0.4, -0.2) is 5.78 Å². The Hall–Kier alpha value is -1.64. The van der Waals surface area contributed by atoms with Crippen LogP contribution >= 0.6 is 0 Å². The third kappa shape index (κ3) is 1.85. The zero-order chi connectivity index (χ0) is 11.7. The molecule has 0 fully saturated rings. The molecule has 0 bridgehead atoms. The fraction of sp³-hybridized carbons (Fsp3) is 0.308. The molecule has 0 saturated carbocycles. The molecule has 1 atom stereocenters. The zero-order valence-corrected chi connectivity index (χ0v) is 9.29. The Morgan fingerprint density at radius 2 is 2.19 bits per heavy atom. The third-order valence-corrected chi connectivity index (χ3v) is 2.78. The van der Waals surface area contributed by atoms with Gasteiger partial charge >= 0.3 is 0 Å². The Morgan fingerprint density at radius 1 is 1.44 bits per heavy atom. The molecule has 2 rings (SSSR count). The van der Waals surface area contributed by atoms with E-state index < -0.39 is 0 Å². The van der Waals surface area contributed by atoms with E-state index in [-0.39, 0.29) is 17.5 Å². The van der Waals surface area contributed by atoms with Gasteiger partial charge in [0.15, 0.2) is 5.76 Å². The molecular formula is C13H13FO2.